The van der Waals surface area contributed by atoms with Crippen LogP contribution < -0.4 is 10.2 Å². The number of carbonyl (C=O) groups is 2. The first kappa shape index (κ1) is 26.3. The van der Waals surface area contributed by atoms with E-state index in [0.717, 1.165) is 24.3 Å². The summed E-state index contributed by atoms with van der Waals surface area (Å²) in [5.41, 5.74) is 2.53. The zero-order valence-electron chi connectivity index (χ0n) is 22.0. The van der Waals surface area contributed by atoms with E-state index in [1.165, 1.54) is 21.7 Å². The fourth-order valence-electron chi connectivity index (χ4n) is 4.60. The van der Waals surface area contributed by atoms with Gasteiger partial charge in [0.1, 0.15) is 23.4 Å². The second-order valence-electron chi connectivity index (χ2n) is 10.0. The van der Waals surface area contributed by atoms with Crippen LogP contribution in [0.5, 0.6) is 0 Å². The van der Waals surface area contributed by atoms with Crippen molar-refractivity contribution in [2.45, 2.75) is 32.5 Å². The van der Waals surface area contributed by atoms with E-state index >= 15 is 0 Å². The van der Waals surface area contributed by atoms with Gasteiger partial charge in [0.25, 0.3) is 0 Å². The van der Waals surface area contributed by atoms with Gasteiger partial charge in [0.15, 0.2) is 0 Å². The van der Waals surface area contributed by atoms with Gasteiger partial charge < -0.3 is 19.9 Å². The summed E-state index contributed by atoms with van der Waals surface area (Å²) >= 11 is 0. The Balaban J connectivity index is 1.36. The van der Waals surface area contributed by atoms with Crippen molar-refractivity contribution in [1.29, 1.82) is 0 Å². The van der Waals surface area contributed by atoms with Crippen molar-refractivity contribution in [2.75, 3.05) is 36.5 Å². The van der Waals surface area contributed by atoms with E-state index in [1.54, 1.807) is 26.0 Å². The average Bonchev–Trinajstić information content (AvgIpc) is 3.36. The molecule has 1 saturated heterocycles. The van der Waals surface area contributed by atoms with Crippen LogP contribution in [-0.2, 0) is 27.4 Å². The van der Waals surface area contributed by atoms with Crippen molar-refractivity contribution in [3.63, 3.8) is 0 Å². The predicted molar refractivity (Wildman–Crippen MR) is 147 cm³/mol. The van der Waals surface area contributed by atoms with Crippen molar-refractivity contribution in [3.8, 4) is 0 Å². The number of hydrogen-bond donors (Lipinski definition) is 1. The average molecular weight is 531 g/mol. The highest BCUT2D eigenvalue weighted by molar-refractivity contribution is 6.00. The molecule has 0 aliphatic carbocycles. The highest BCUT2D eigenvalue weighted by atomic mass is 19.1. The van der Waals surface area contributed by atoms with Crippen LogP contribution in [0.3, 0.4) is 0 Å². The molecule has 1 aliphatic heterocycles. The molecule has 39 heavy (non-hydrogen) atoms. The highest BCUT2D eigenvalue weighted by Crippen LogP contribution is 2.24. The quantitative estimate of drug-likeness (QED) is 0.372. The van der Waals surface area contributed by atoms with Crippen LogP contribution >= 0.6 is 0 Å². The molecular weight excluding hydrogens is 499 g/mol. The fraction of sp³-hybridized carbons (Fsp3) is 0.310. The lowest BCUT2D eigenvalue weighted by Crippen LogP contribution is -2.55. The van der Waals surface area contributed by atoms with Crippen LogP contribution in [0.15, 0.2) is 72.8 Å². The van der Waals surface area contributed by atoms with E-state index < -0.39 is 5.54 Å². The molecule has 1 aromatic heterocycles. The molecule has 1 fully saturated rings. The standard InChI is InChI=1S/C29H31FN6O3/c1-29(2,28(38)31-23-11-13-24(14-12-23)34-15-17-39-18-16-34)35(19-21-7-9-22(30)10-8-21)27(37)20-36-26-6-4-3-5-25(26)32-33-36/h3-14H,15-20H2,1-2H3,(H,31,38). The van der Waals surface area contributed by atoms with E-state index in [9.17, 15) is 14.0 Å². The van der Waals surface area contributed by atoms with Crippen molar-refractivity contribution < 1.29 is 18.7 Å². The van der Waals surface area contributed by atoms with Crippen LogP contribution in [0.25, 0.3) is 11.0 Å². The molecule has 2 heterocycles. The molecule has 0 bridgehead atoms. The Hall–Kier alpha value is -4.31. The van der Waals surface area contributed by atoms with E-state index in [0.29, 0.717) is 30.0 Å². The molecule has 0 spiro atoms. The molecule has 10 heteroatoms. The number of morpholine rings is 1. The van der Waals surface area contributed by atoms with E-state index in [-0.39, 0.29) is 30.7 Å². The Morgan fingerprint density at radius 2 is 1.69 bits per heavy atom. The first-order valence-electron chi connectivity index (χ1n) is 12.9. The Morgan fingerprint density at radius 3 is 2.41 bits per heavy atom. The van der Waals surface area contributed by atoms with Gasteiger partial charge in [-0.3, -0.25) is 9.59 Å². The molecule has 9 nitrogen and oxygen atoms in total. The monoisotopic (exact) mass is 530 g/mol. The maximum absolute atomic E-state index is 13.7. The third kappa shape index (κ3) is 5.91. The lowest BCUT2D eigenvalue weighted by Gasteiger charge is -2.37. The zero-order chi connectivity index (χ0) is 27.4. The maximum atomic E-state index is 13.7. The first-order valence-corrected chi connectivity index (χ1v) is 12.9. The Morgan fingerprint density at radius 1 is 1.00 bits per heavy atom. The number of ether oxygens (including phenoxy) is 1. The number of hydrogen-bond acceptors (Lipinski definition) is 6. The summed E-state index contributed by atoms with van der Waals surface area (Å²) in [6.45, 7) is 6.43. The summed E-state index contributed by atoms with van der Waals surface area (Å²) in [6.07, 6.45) is 0. The third-order valence-corrected chi connectivity index (χ3v) is 6.99. The molecule has 1 aliphatic rings. The minimum Gasteiger partial charge on any atom is -0.378 e. The van der Waals surface area contributed by atoms with Gasteiger partial charge in [0, 0.05) is 31.0 Å². The smallest absolute Gasteiger partial charge is 0.249 e. The number of rotatable bonds is 8. The molecule has 0 unspecified atom stereocenters. The number of benzene rings is 3. The van der Waals surface area contributed by atoms with Crippen LogP contribution in [0.4, 0.5) is 15.8 Å². The van der Waals surface area contributed by atoms with E-state index in [4.69, 9.17) is 4.74 Å². The molecular formula is C29H31FN6O3. The molecule has 5 rings (SSSR count). The Bertz CT molecular complexity index is 1450. The van der Waals surface area contributed by atoms with Crippen LogP contribution in [0.1, 0.15) is 19.4 Å². The number of aromatic nitrogens is 3. The number of halogens is 1. The molecule has 2 amide bonds. The lowest BCUT2D eigenvalue weighted by molar-refractivity contribution is -0.145. The Labute approximate surface area is 226 Å². The second kappa shape index (κ2) is 11.2. The molecule has 3 aromatic carbocycles. The number of anilines is 2. The number of para-hydroxylation sites is 1. The second-order valence-corrected chi connectivity index (χ2v) is 10.0. The summed E-state index contributed by atoms with van der Waals surface area (Å²) in [6, 6.07) is 20.9. The molecule has 0 saturated carbocycles. The van der Waals surface area contributed by atoms with Crippen molar-refractivity contribution in [3.05, 3.63) is 84.2 Å². The number of fused-ring (bicyclic) bond motifs is 1. The summed E-state index contributed by atoms with van der Waals surface area (Å²) in [7, 11) is 0. The van der Waals surface area contributed by atoms with Gasteiger partial charge >= 0.3 is 0 Å². The number of nitrogens with zero attached hydrogens (tertiary/aromatic N) is 5. The molecule has 0 radical (unpaired) electrons. The fourth-order valence-corrected chi connectivity index (χ4v) is 4.60. The summed E-state index contributed by atoms with van der Waals surface area (Å²) in [4.78, 5) is 31.0. The number of nitrogens with one attached hydrogen (secondary N) is 1. The SMILES string of the molecule is CC(C)(C(=O)Nc1ccc(N2CCOCC2)cc1)N(Cc1ccc(F)cc1)C(=O)Cn1nnc2ccccc21. The molecule has 0 atom stereocenters. The van der Waals surface area contributed by atoms with Crippen LogP contribution in [0.2, 0.25) is 0 Å². The summed E-state index contributed by atoms with van der Waals surface area (Å²) < 4.78 is 20.5. The third-order valence-electron chi connectivity index (χ3n) is 6.99. The maximum Gasteiger partial charge on any atom is 0.249 e. The molecule has 202 valence electrons. The number of carbonyl (C=O) groups excluding carboxylic acids is 2. The first-order chi connectivity index (χ1) is 18.8. The van der Waals surface area contributed by atoms with Gasteiger partial charge in [-0.15, -0.1) is 5.10 Å². The normalized spacial score (nSPS) is 13.9. The minimum absolute atomic E-state index is 0.105. The topological polar surface area (TPSA) is 92.6 Å². The van der Waals surface area contributed by atoms with Gasteiger partial charge in [-0.25, -0.2) is 9.07 Å². The van der Waals surface area contributed by atoms with Crippen molar-refractivity contribution in [1.82, 2.24) is 19.9 Å². The van der Waals surface area contributed by atoms with Gasteiger partial charge in [-0.2, -0.15) is 0 Å². The van der Waals surface area contributed by atoms with Gasteiger partial charge in [0.2, 0.25) is 11.8 Å². The summed E-state index contributed by atoms with van der Waals surface area (Å²) in [5, 5.41) is 11.2. The largest absolute Gasteiger partial charge is 0.378 e. The van der Waals surface area contributed by atoms with Crippen LogP contribution in [-0.4, -0.2) is 63.6 Å². The van der Waals surface area contributed by atoms with Crippen molar-refractivity contribution >= 4 is 34.2 Å². The molecule has 1 N–H and O–H groups in total. The van der Waals surface area contributed by atoms with Gasteiger partial charge in [0.05, 0.1) is 18.7 Å². The van der Waals surface area contributed by atoms with E-state index in [2.05, 4.69) is 20.5 Å². The lowest BCUT2D eigenvalue weighted by atomic mass is 9.99. The Kier molecular flexibility index (Phi) is 7.56. The predicted octanol–water partition coefficient (Wildman–Crippen LogP) is 3.85. The number of amides is 2. The molecule has 4 aromatic rings. The van der Waals surface area contributed by atoms with Crippen molar-refractivity contribution in [2.24, 2.45) is 0 Å². The minimum atomic E-state index is -1.25. The summed E-state index contributed by atoms with van der Waals surface area (Å²) in [5.74, 6) is -1.04. The highest BCUT2D eigenvalue weighted by Gasteiger charge is 2.38. The zero-order valence-corrected chi connectivity index (χ0v) is 22.0. The van der Waals surface area contributed by atoms with Gasteiger partial charge in [-0.05, 0) is 67.9 Å². The van der Waals surface area contributed by atoms with Crippen LogP contribution in [0, 0.1) is 5.82 Å². The van der Waals surface area contributed by atoms with E-state index in [1.807, 2.05) is 48.5 Å². The van der Waals surface area contributed by atoms with Gasteiger partial charge in [-0.1, -0.05) is 29.5 Å².